The summed E-state index contributed by atoms with van der Waals surface area (Å²) >= 11 is 0. The lowest BCUT2D eigenvalue weighted by Gasteiger charge is -2.31. The molecule has 1 aromatic heterocycles. The van der Waals surface area contributed by atoms with Crippen molar-refractivity contribution in [1.29, 1.82) is 0 Å². The van der Waals surface area contributed by atoms with Crippen LogP contribution in [-0.4, -0.2) is 42.5 Å². The molecule has 2 bridgehead atoms. The van der Waals surface area contributed by atoms with Gasteiger partial charge in [0.15, 0.2) is 0 Å². The van der Waals surface area contributed by atoms with Crippen molar-refractivity contribution in [3.63, 3.8) is 0 Å². The molecule has 6 rings (SSSR count). The number of rotatable bonds is 3. The Morgan fingerprint density at radius 2 is 1.63 bits per heavy atom. The van der Waals surface area contributed by atoms with E-state index in [0.29, 0.717) is 0 Å². The molecule has 0 amide bonds. The molecule has 1 aliphatic carbocycles. The molecule has 0 atom stereocenters. The van der Waals surface area contributed by atoms with Gasteiger partial charge >= 0.3 is 5.63 Å². The maximum atomic E-state index is 12.8. The van der Waals surface area contributed by atoms with Crippen molar-refractivity contribution in [3.8, 4) is 0 Å². The second kappa shape index (κ2) is 7.80. The highest BCUT2D eigenvalue weighted by Crippen LogP contribution is 2.34. The van der Waals surface area contributed by atoms with Gasteiger partial charge in [-0.1, -0.05) is 32.9 Å². The van der Waals surface area contributed by atoms with E-state index in [9.17, 15) is 4.79 Å². The lowest BCUT2D eigenvalue weighted by molar-refractivity contribution is 0.182. The number of nitrogens with zero attached hydrogens (tertiary/aromatic N) is 2. The summed E-state index contributed by atoms with van der Waals surface area (Å²) in [6.07, 6.45) is 6.68. The van der Waals surface area contributed by atoms with Crippen LogP contribution in [0.15, 0.2) is 27.4 Å². The molecule has 0 N–H and O–H groups in total. The minimum absolute atomic E-state index is 0.0479. The van der Waals surface area contributed by atoms with E-state index in [1.54, 1.807) is 0 Å². The quantitative estimate of drug-likeness (QED) is 0.697. The molecule has 3 fully saturated rings. The number of hydrogen-bond acceptors (Lipinski definition) is 4. The topological polar surface area (TPSA) is 36.7 Å². The van der Waals surface area contributed by atoms with Crippen molar-refractivity contribution in [2.24, 2.45) is 11.8 Å². The fraction of sp³-hybridized carbons (Fsp3) is 0.654. The molecule has 0 radical (unpaired) electrons. The summed E-state index contributed by atoms with van der Waals surface area (Å²) in [6, 6.07) is 6.43. The van der Waals surface area contributed by atoms with Gasteiger partial charge in [-0.3, -0.25) is 4.90 Å². The normalized spacial score (nSPS) is 25.4. The molecule has 2 saturated heterocycles. The van der Waals surface area contributed by atoms with Crippen molar-refractivity contribution in [1.82, 2.24) is 9.80 Å². The molecule has 1 aromatic carbocycles. The molecule has 0 unspecified atom stereocenters. The van der Waals surface area contributed by atoms with E-state index in [0.717, 1.165) is 61.0 Å². The third-order valence-electron chi connectivity index (χ3n) is 7.78. The number of fused-ring (bicyclic) bond motifs is 7. The van der Waals surface area contributed by atoms with Crippen LogP contribution in [0.3, 0.4) is 0 Å². The molecule has 2 aromatic rings. The molecule has 4 nitrogen and oxygen atoms in total. The van der Waals surface area contributed by atoms with Crippen molar-refractivity contribution >= 4 is 11.0 Å². The van der Waals surface area contributed by atoms with Crippen LogP contribution < -0.4 is 5.63 Å². The third kappa shape index (κ3) is 3.97. The molecule has 1 saturated carbocycles. The largest absolute Gasteiger partial charge is 0.422 e. The lowest BCUT2D eigenvalue weighted by Crippen LogP contribution is -2.40. The zero-order valence-corrected chi connectivity index (χ0v) is 18.9. The molecule has 162 valence electrons. The third-order valence-corrected chi connectivity index (χ3v) is 7.78. The highest BCUT2D eigenvalue weighted by molar-refractivity contribution is 5.82. The Balaban J connectivity index is 1.31. The van der Waals surface area contributed by atoms with Gasteiger partial charge in [-0.2, -0.15) is 0 Å². The predicted octanol–water partition coefficient (Wildman–Crippen LogP) is 4.57. The molecule has 0 spiro atoms. The zero-order valence-electron chi connectivity index (χ0n) is 18.9. The Labute approximate surface area is 180 Å². The molecule has 4 heterocycles. The minimum atomic E-state index is -0.138. The molecule has 4 heteroatoms. The summed E-state index contributed by atoms with van der Waals surface area (Å²) in [5, 5.41) is 1.13. The van der Waals surface area contributed by atoms with Gasteiger partial charge in [-0.25, -0.2) is 4.79 Å². The van der Waals surface area contributed by atoms with Crippen LogP contribution in [0.1, 0.15) is 63.1 Å². The first-order chi connectivity index (χ1) is 14.4. The van der Waals surface area contributed by atoms with Crippen LogP contribution >= 0.6 is 0 Å². The minimum Gasteiger partial charge on any atom is -0.422 e. The standard InChI is InChI=1S/C26H36N2O2/c1-26(2,3)20-8-9-22-21-10-11-27(17-23(21)25(29)30-24(22)14-20)12-13-28-15-18-4-5-19(16-28)7-6-18/h8-9,14,18-19H,4-7,10-13,15-17H2,1-3H3. The van der Waals surface area contributed by atoms with Crippen LogP contribution in [0, 0.1) is 11.8 Å². The van der Waals surface area contributed by atoms with Crippen LogP contribution in [0.4, 0.5) is 0 Å². The van der Waals surface area contributed by atoms with Gasteiger partial charge in [0.05, 0.1) is 5.56 Å². The van der Waals surface area contributed by atoms with E-state index < -0.39 is 0 Å². The molecule has 4 aliphatic rings. The summed E-state index contributed by atoms with van der Waals surface area (Å²) in [5.41, 5.74) is 3.97. The number of hydrogen-bond donors (Lipinski definition) is 0. The maximum Gasteiger partial charge on any atom is 0.341 e. The van der Waals surface area contributed by atoms with Gasteiger partial charge in [0.2, 0.25) is 0 Å². The zero-order chi connectivity index (χ0) is 20.9. The fourth-order valence-corrected chi connectivity index (χ4v) is 5.85. The van der Waals surface area contributed by atoms with Crippen molar-refractivity contribution < 1.29 is 4.42 Å². The van der Waals surface area contributed by atoms with Crippen LogP contribution in [-0.2, 0) is 18.4 Å². The first kappa shape index (κ1) is 20.3. The highest BCUT2D eigenvalue weighted by atomic mass is 16.4. The van der Waals surface area contributed by atoms with Crippen LogP contribution in [0.2, 0.25) is 0 Å². The van der Waals surface area contributed by atoms with E-state index in [2.05, 4.69) is 48.8 Å². The SMILES string of the molecule is CC(C)(C)c1ccc2c3c(c(=O)oc2c1)CN(CCN1CC2CCC(CC2)C1)CC3. The van der Waals surface area contributed by atoms with Gasteiger partial charge < -0.3 is 9.32 Å². The summed E-state index contributed by atoms with van der Waals surface area (Å²) in [5.74, 6) is 1.84. The Kier molecular flexibility index (Phi) is 5.27. The van der Waals surface area contributed by atoms with E-state index in [-0.39, 0.29) is 11.0 Å². The van der Waals surface area contributed by atoms with Crippen molar-refractivity contribution in [2.75, 3.05) is 32.7 Å². The van der Waals surface area contributed by atoms with Gasteiger partial charge in [-0.15, -0.1) is 0 Å². The fourth-order valence-electron chi connectivity index (χ4n) is 5.85. The van der Waals surface area contributed by atoms with E-state index in [1.807, 2.05) is 0 Å². The number of benzene rings is 1. The highest BCUT2D eigenvalue weighted by Gasteiger charge is 2.30. The van der Waals surface area contributed by atoms with Gasteiger partial charge in [0.25, 0.3) is 0 Å². The first-order valence-corrected chi connectivity index (χ1v) is 11.9. The first-order valence-electron chi connectivity index (χ1n) is 11.9. The van der Waals surface area contributed by atoms with E-state index in [1.165, 1.54) is 49.9 Å². The second-order valence-corrected chi connectivity index (χ2v) is 11.0. The van der Waals surface area contributed by atoms with Crippen LogP contribution in [0.5, 0.6) is 0 Å². The predicted molar refractivity (Wildman–Crippen MR) is 122 cm³/mol. The maximum absolute atomic E-state index is 12.8. The lowest BCUT2D eigenvalue weighted by atomic mass is 9.84. The summed E-state index contributed by atoms with van der Waals surface area (Å²) in [4.78, 5) is 18.0. The van der Waals surface area contributed by atoms with Crippen LogP contribution in [0.25, 0.3) is 11.0 Å². The molecular weight excluding hydrogens is 372 g/mol. The second-order valence-electron chi connectivity index (χ2n) is 11.0. The van der Waals surface area contributed by atoms with Gasteiger partial charge in [0, 0.05) is 44.7 Å². The monoisotopic (exact) mass is 408 g/mol. The average molecular weight is 409 g/mol. The smallest absolute Gasteiger partial charge is 0.341 e. The van der Waals surface area contributed by atoms with Crippen molar-refractivity contribution in [3.05, 3.63) is 45.3 Å². The average Bonchev–Trinajstić information content (AvgIpc) is 3.04. The van der Waals surface area contributed by atoms with Crippen molar-refractivity contribution in [2.45, 2.75) is 64.8 Å². The Morgan fingerprint density at radius 3 is 2.30 bits per heavy atom. The summed E-state index contributed by atoms with van der Waals surface area (Å²) < 4.78 is 5.80. The van der Waals surface area contributed by atoms with E-state index >= 15 is 0 Å². The Morgan fingerprint density at radius 1 is 0.967 bits per heavy atom. The Bertz CT molecular complexity index is 965. The molecular formula is C26H36N2O2. The summed E-state index contributed by atoms with van der Waals surface area (Å²) in [7, 11) is 0. The summed E-state index contributed by atoms with van der Waals surface area (Å²) in [6.45, 7) is 13.1. The van der Waals surface area contributed by atoms with Gasteiger partial charge in [0.1, 0.15) is 5.58 Å². The molecule has 3 aliphatic heterocycles. The molecule has 30 heavy (non-hydrogen) atoms. The van der Waals surface area contributed by atoms with Gasteiger partial charge in [-0.05, 0) is 66.5 Å². The Hall–Kier alpha value is -1.65. The van der Waals surface area contributed by atoms with E-state index in [4.69, 9.17) is 4.42 Å².